The molecule has 0 aliphatic carbocycles. The Morgan fingerprint density at radius 3 is 2.32 bits per heavy atom. The highest BCUT2D eigenvalue weighted by atomic mass is 16.7. The summed E-state index contributed by atoms with van der Waals surface area (Å²) in [6.45, 7) is 8.12. The summed E-state index contributed by atoms with van der Waals surface area (Å²) in [6, 6.07) is 15.5. The molecule has 4 amide bonds. The third-order valence-electron chi connectivity index (χ3n) is 6.37. The van der Waals surface area contributed by atoms with Gasteiger partial charge in [0.25, 0.3) is 0 Å². The minimum Gasteiger partial charge on any atom is -0.351 e. The standard InChI is InChI=1S/C30H39N5O6/c1-5-39-29(40-6-2)22(4)35(19-25-12-9-11-24-10-7-8-13-26(24)25)28(37)21(3)33-27(36)20-41-34-30(38)32-18-23-14-16-31-17-15-23/h7-17,21-22,29H,5-6,18-20H2,1-4H3,(H,33,36)(H2,32,34,38). The maximum Gasteiger partial charge on any atom is 0.338 e. The zero-order chi connectivity index (χ0) is 29.6. The molecule has 0 saturated carbocycles. The van der Waals surface area contributed by atoms with Crippen molar-refractivity contribution in [3.05, 3.63) is 78.1 Å². The first kappa shape index (κ1) is 31.5. The summed E-state index contributed by atoms with van der Waals surface area (Å²) >= 11 is 0. The van der Waals surface area contributed by atoms with Crippen LogP contribution in [0.15, 0.2) is 67.0 Å². The van der Waals surface area contributed by atoms with Gasteiger partial charge in [0.2, 0.25) is 11.8 Å². The SMILES string of the molecule is CCOC(OCC)C(C)N(Cc1cccc2ccccc12)C(=O)C(C)NC(=O)CONC(=O)NCc1ccncc1. The summed E-state index contributed by atoms with van der Waals surface area (Å²) < 4.78 is 11.6. The number of benzene rings is 2. The minimum absolute atomic E-state index is 0.269. The van der Waals surface area contributed by atoms with Gasteiger partial charge in [-0.25, -0.2) is 10.3 Å². The molecule has 0 bridgehead atoms. The molecule has 0 fully saturated rings. The largest absolute Gasteiger partial charge is 0.351 e. The molecule has 2 atom stereocenters. The van der Waals surface area contributed by atoms with Crippen molar-refractivity contribution in [2.75, 3.05) is 19.8 Å². The molecule has 11 heteroatoms. The highest BCUT2D eigenvalue weighted by Gasteiger charge is 2.32. The number of hydroxylamine groups is 1. The van der Waals surface area contributed by atoms with Crippen molar-refractivity contribution < 1.29 is 28.7 Å². The zero-order valence-corrected chi connectivity index (χ0v) is 24.0. The van der Waals surface area contributed by atoms with Crippen molar-refractivity contribution in [3.8, 4) is 0 Å². The number of pyridine rings is 1. The molecular formula is C30H39N5O6. The van der Waals surface area contributed by atoms with Crippen molar-refractivity contribution in [1.82, 2.24) is 26.0 Å². The molecule has 2 unspecified atom stereocenters. The van der Waals surface area contributed by atoms with Crippen LogP contribution in [0.3, 0.4) is 0 Å². The van der Waals surface area contributed by atoms with E-state index in [9.17, 15) is 14.4 Å². The molecule has 0 spiro atoms. The average molecular weight is 566 g/mol. The number of carbonyl (C=O) groups excluding carboxylic acids is 3. The molecule has 3 rings (SSSR count). The van der Waals surface area contributed by atoms with E-state index in [1.165, 1.54) is 0 Å². The second-order valence-corrected chi connectivity index (χ2v) is 9.34. The van der Waals surface area contributed by atoms with Crippen LogP contribution in [0.25, 0.3) is 10.8 Å². The number of nitrogens with one attached hydrogen (secondary N) is 3. The fourth-order valence-corrected chi connectivity index (χ4v) is 4.32. The average Bonchev–Trinajstić information content (AvgIpc) is 2.98. The van der Waals surface area contributed by atoms with E-state index in [0.29, 0.717) is 13.2 Å². The van der Waals surface area contributed by atoms with E-state index in [-0.39, 0.29) is 19.0 Å². The number of hydrogen-bond donors (Lipinski definition) is 3. The second kappa shape index (κ2) is 16.3. The van der Waals surface area contributed by atoms with Gasteiger partial charge in [-0.3, -0.25) is 19.4 Å². The Bertz CT molecular complexity index is 1260. The number of urea groups is 1. The number of aromatic nitrogens is 1. The number of fused-ring (bicyclic) bond motifs is 1. The lowest BCUT2D eigenvalue weighted by atomic mass is 10.0. The molecule has 3 N–H and O–H groups in total. The maximum atomic E-state index is 13.8. The molecule has 1 aromatic heterocycles. The van der Waals surface area contributed by atoms with Crippen LogP contribution >= 0.6 is 0 Å². The Labute approximate surface area is 240 Å². The van der Waals surface area contributed by atoms with Gasteiger partial charge in [0.1, 0.15) is 6.04 Å². The van der Waals surface area contributed by atoms with Gasteiger partial charge in [-0.1, -0.05) is 42.5 Å². The Kier molecular flexibility index (Phi) is 12.5. The van der Waals surface area contributed by atoms with Gasteiger partial charge >= 0.3 is 6.03 Å². The predicted octanol–water partition coefficient (Wildman–Crippen LogP) is 3.29. The summed E-state index contributed by atoms with van der Waals surface area (Å²) in [6.07, 6.45) is 2.59. The summed E-state index contributed by atoms with van der Waals surface area (Å²) in [5, 5.41) is 7.36. The minimum atomic E-state index is -0.882. The lowest BCUT2D eigenvalue weighted by Crippen LogP contribution is -2.54. The third-order valence-corrected chi connectivity index (χ3v) is 6.37. The smallest absolute Gasteiger partial charge is 0.338 e. The van der Waals surface area contributed by atoms with Gasteiger partial charge in [-0.15, -0.1) is 0 Å². The van der Waals surface area contributed by atoms with E-state index in [1.54, 1.807) is 36.4 Å². The quantitative estimate of drug-likeness (QED) is 0.190. The Hall–Kier alpha value is -4.06. The van der Waals surface area contributed by atoms with Gasteiger partial charge in [0, 0.05) is 38.7 Å². The van der Waals surface area contributed by atoms with Crippen molar-refractivity contribution in [3.63, 3.8) is 0 Å². The van der Waals surface area contributed by atoms with Gasteiger partial charge in [-0.05, 0) is 61.7 Å². The molecule has 1 heterocycles. The van der Waals surface area contributed by atoms with Crippen LogP contribution in [-0.4, -0.2) is 65.9 Å². The third kappa shape index (κ3) is 9.52. The topological polar surface area (TPSA) is 131 Å². The summed E-state index contributed by atoms with van der Waals surface area (Å²) in [7, 11) is 0. The van der Waals surface area contributed by atoms with Crippen LogP contribution in [0, 0.1) is 0 Å². The fourth-order valence-electron chi connectivity index (χ4n) is 4.32. The van der Waals surface area contributed by atoms with E-state index in [4.69, 9.17) is 14.3 Å². The molecule has 2 aromatic carbocycles. The lowest BCUT2D eigenvalue weighted by molar-refractivity contribution is -0.179. The summed E-state index contributed by atoms with van der Waals surface area (Å²) in [4.78, 5) is 48.9. The molecule has 0 aliphatic heterocycles. The number of ether oxygens (including phenoxy) is 2. The molecule has 41 heavy (non-hydrogen) atoms. The van der Waals surface area contributed by atoms with E-state index < -0.39 is 36.9 Å². The lowest BCUT2D eigenvalue weighted by Gasteiger charge is -2.36. The zero-order valence-electron chi connectivity index (χ0n) is 24.0. The molecule has 0 saturated heterocycles. The van der Waals surface area contributed by atoms with Crippen LogP contribution < -0.4 is 16.1 Å². The Balaban J connectivity index is 1.63. The Morgan fingerprint density at radius 2 is 1.61 bits per heavy atom. The van der Waals surface area contributed by atoms with Gasteiger partial charge in [-0.2, -0.15) is 0 Å². The number of nitrogens with zero attached hydrogens (tertiary/aromatic N) is 2. The number of hydrogen-bond acceptors (Lipinski definition) is 7. The molecule has 11 nitrogen and oxygen atoms in total. The first-order valence-electron chi connectivity index (χ1n) is 13.7. The van der Waals surface area contributed by atoms with Crippen molar-refractivity contribution in [2.24, 2.45) is 0 Å². The van der Waals surface area contributed by atoms with Crippen molar-refractivity contribution in [1.29, 1.82) is 0 Å². The Morgan fingerprint density at radius 1 is 0.927 bits per heavy atom. The summed E-state index contributed by atoms with van der Waals surface area (Å²) in [5.41, 5.74) is 3.98. The van der Waals surface area contributed by atoms with Crippen LogP contribution in [0.4, 0.5) is 4.79 Å². The molecular weight excluding hydrogens is 526 g/mol. The molecule has 220 valence electrons. The van der Waals surface area contributed by atoms with Crippen LogP contribution in [0.1, 0.15) is 38.8 Å². The fraction of sp³-hybridized carbons (Fsp3) is 0.400. The van der Waals surface area contributed by atoms with E-state index in [2.05, 4.69) is 21.1 Å². The summed E-state index contributed by atoms with van der Waals surface area (Å²) in [5.74, 6) is -0.879. The van der Waals surface area contributed by atoms with E-state index in [0.717, 1.165) is 21.9 Å². The molecule has 3 aromatic rings. The van der Waals surface area contributed by atoms with Crippen LogP contribution in [0.2, 0.25) is 0 Å². The molecule has 0 radical (unpaired) electrons. The van der Waals surface area contributed by atoms with Gasteiger partial charge in [0.05, 0.1) is 6.04 Å². The number of carbonyl (C=O) groups is 3. The van der Waals surface area contributed by atoms with Crippen molar-refractivity contribution in [2.45, 2.75) is 59.2 Å². The highest BCUT2D eigenvalue weighted by Crippen LogP contribution is 2.23. The maximum absolute atomic E-state index is 13.8. The highest BCUT2D eigenvalue weighted by molar-refractivity contribution is 5.89. The van der Waals surface area contributed by atoms with Crippen LogP contribution in [0.5, 0.6) is 0 Å². The number of amides is 4. The monoisotopic (exact) mass is 565 g/mol. The van der Waals surface area contributed by atoms with E-state index >= 15 is 0 Å². The molecule has 0 aliphatic rings. The van der Waals surface area contributed by atoms with Gasteiger partial charge < -0.3 is 25.0 Å². The first-order chi connectivity index (χ1) is 19.8. The van der Waals surface area contributed by atoms with Crippen molar-refractivity contribution >= 4 is 28.6 Å². The first-order valence-corrected chi connectivity index (χ1v) is 13.7. The number of rotatable bonds is 15. The van der Waals surface area contributed by atoms with Crippen LogP contribution in [-0.2, 0) is 37.0 Å². The van der Waals surface area contributed by atoms with E-state index in [1.807, 2.05) is 63.2 Å². The van der Waals surface area contributed by atoms with Gasteiger partial charge in [0.15, 0.2) is 12.9 Å². The predicted molar refractivity (Wildman–Crippen MR) is 154 cm³/mol. The normalized spacial score (nSPS) is 12.5. The second-order valence-electron chi connectivity index (χ2n) is 9.34.